The van der Waals surface area contributed by atoms with Crippen molar-refractivity contribution < 1.29 is 9.53 Å². The number of benzene rings is 1. The fraction of sp³-hybridized carbons (Fsp3) is 0.588. The summed E-state index contributed by atoms with van der Waals surface area (Å²) < 4.78 is 6.33. The van der Waals surface area contributed by atoms with Gasteiger partial charge in [-0.2, -0.15) is 0 Å². The maximum Gasteiger partial charge on any atom is 0.217 e. The van der Waals surface area contributed by atoms with Gasteiger partial charge in [-0.15, -0.1) is 0 Å². The van der Waals surface area contributed by atoms with E-state index < -0.39 is 0 Å². The predicted molar refractivity (Wildman–Crippen MR) is 77.0 cm³/mol. The third-order valence-electron chi connectivity index (χ3n) is 5.35. The number of hydrogen-bond donors (Lipinski definition) is 1. The van der Waals surface area contributed by atoms with Crippen LogP contribution in [0.1, 0.15) is 48.8 Å². The molecule has 3 aliphatic rings. The van der Waals surface area contributed by atoms with Gasteiger partial charge in [-0.3, -0.25) is 4.79 Å². The summed E-state index contributed by atoms with van der Waals surface area (Å²) in [5.74, 6) is 2.40. The minimum atomic E-state index is 0.0563. The number of ether oxygens (including phenoxy) is 1. The van der Waals surface area contributed by atoms with E-state index in [1.54, 1.807) is 6.92 Å². The van der Waals surface area contributed by atoms with Crippen LogP contribution in [0, 0.1) is 12.8 Å². The lowest BCUT2D eigenvalue weighted by molar-refractivity contribution is -0.120. The van der Waals surface area contributed by atoms with Crippen LogP contribution >= 0.6 is 0 Å². The highest BCUT2D eigenvalue weighted by Crippen LogP contribution is 2.54. The second-order valence-electron chi connectivity index (χ2n) is 6.58. The Morgan fingerprint density at radius 1 is 1.30 bits per heavy atom. The Kier molecular flexibility index (Phi) is 2.60. The summed E-state index contributed by atoms with van der Waals surface area (Å²) in [5, 5.41) is 3.11. The van der Waals surface area contributed by atoms with Crippen molar-refractivity contribution in [1.29, 1.82) is 0 Å². The summed E-state index contributed by atoms with van der Waals surface area (Å²) in [6.07, 6.45) is 4.86. The Balaban J connectivity index is 1.77. The van der Waals surface area contributed by atoms with E-state index in [1.165, 1.54) is 36.0 Å². The van der Waals surface area contributed by atoms with Crippen LogP contribution in [0.5, 0.6) is 5.75 Å². The Labute approximate surface area is 119 Å². The molecule has 1 saturated carbocycles. The fourth-order valence-electron chi connectivity index (χ4n) is 4.52. The topological polar surface area (TPSA) is 38.3 Å². The molecule has 0 spiro atoms. The second kappa shape index (κ2) is 4.24. The molecule has 4 rings (SSSR count). The highest BCUT2D eigenvalue weighted by atomic mass is 16.5. The second-order valence-corrected chi connectivity index (χ2v) is 6.58. The lowest BCUT2D eigenvalue weighted by Gasteiger charge is -2.41. The number of nitrogens with one attached hydrogen (secondary N) is 1. The van der Waals surface area contributed by atoms with Crippen molar-refractivity contribution in [3.05, 3.63) is 28.8 Å². The van der Waals surface area contributed by atoms with E-state index in [0.29, 0.717) is 5.92 Å². The van der Waals surface area contributed by atoms with E-state index in [9.17, 15) is 4.79 Å². The van der Waals surface area contributed by atoms with Crippen LogP contribution in [0.4, 0.5) is 0 Å². The zero-order valence-electron chi connectivity index (χ0n) is 12.1. The molecule has 1 fully saturated rings. The lowest BCUT2D eigenvalue weighted by atomic mass is 9.66. The number of carbonyl (C=O) groups excluding carboxylic acids is 1. The molecule has 0 aromatic heterocycles. The minimum absolute atomic E-state index is 0.0563. The standard InChI is InChI=1S/C17H21NO2/c1-9-3-4-11-5-6-12-7-8-13(18-10(2)19)17-15(12)14(11)16(9)20-17/h3-4,12-13,15,17H,5-8H2,1-2H3,(H,18,19)/t12?,13?,15?,17-/m1/s1. The zero-order valence-corrected chi connectivity index (χ0v) is 12.1. The summed E-state index contributed by atoms with van der Waals surface area (Å²) in [6.45, 7) is 3.73. The van der Waals surface area contributed by atoms with Gasteiger partial charge in [0.2, 0.25) is 5.91 Å². The summed E-state index contributed by atoms with van der Waals surface area (Å²) in [4.78, 5) is 11.4. The largest absolute Gasteiger partial charge is 0.487 e. The number of hydrogen-bond acceptors (Lipinski definition) is 2. The zero-order chi connectivity index (χ0) is 13.9. The molecule has 3 nitrogen and oxygen atoms in total. The monoisotopic (exact) mass is 271 g/mol. The Morgan fingerprint density at radius 2 is 2.15 bits per heavy atom. The fourth-order valence-corrected chi connectivity index (χ4v) is 4.52. The molecule has 0 saturated heterocycles. The van der Waals surface area contributed by atoms with Gasteiger partial charge in [0, 0.05) is 18.4 Å². The van der Waals surface area contributed by atoms with Gasteiger partial charge in [0.25, 0.3) is 0 Å². The SMILES string of the molecule is CC(=O)NC1CCC2CCc3ccc(C)c4c3C2[C@@H]1O4. The van der Waals surface area contributed by atoms with Crippen molar-refractivity contribution in [1.82, 2.24) is 5.32 Å². The van der Waals surface area contributed by atoms with Gasteiger partial charge in [-0.1, -0.05) is 12.1 Å². The molecule has 3 heteroatoms. The average Bonchev–Trinajstić information content (AvgIpc) is 2.82. The van der Waals surface area contributed by atoms with E-state index in [4.69, 9.17) is 4.74 Å². The van der Waals surface area contributed by atoms with Gasteiger partial charge in [0.1, 0.15) is 11.9 Å². The molecule has 1 aromatic rings. The normalized spacial score (nSPS) is 33.3. The van der Waals surface area contributed by atoms with Gasteiger partial charge < -0.3 is 10.1 Å². The molecular weight excluding hydrogens is 250 g/mol. The molecular formula is C17H21NO2. The number of rotatable bonds is 1. The first kappa shape index (κ1) is 12.2. The Morgan fingerprint density at radius 3 is 2.95 bits per heavy atom. The van der Waals surface area contributed by atoms with Crippen molar-refractivity contribution in [2.75, 3.05) is 0 Å². The van der Waals surface area contributed by atoms with Crippen molar-refractivity contribution >= 4 is 5.91 Å². The van der Waals surface area contributed by atoms with Crippen LogP contribution in [0.15, 0.2) is 12.1 Å². The summed E-state index contributed by atoms with van der Waals surface area (Å²) >= 11 is 0. The third-order valence-corrected chi connectivity index (χ3v) is 5.35. The number of aryl methyl sites for hydroxylation is 2. The van der Waals surface area contributed by atoms with Crippen LogP contribution in [0.25, 0.3) is 0 Å². The van der Waals surface area contributed by atoms with E-state index in [2.05, 4.69) is 24.4 Å². The molecule has 0 radical (unpaired) electrons. The van der Waals surface area contributed by atoms with Crippen LogP contribution in [-0.4, -0.2) is 18.1 Å². The van der Waals surface area contributed by atoms with Crippen LogP contribution in [0.3, 0.4) is 0 Å². The van der Waals surface area contributed by atoms with Gasteiger partial charge in [0.05, 0.1) is 6.04 Å². The Hall–Kier alpha value is -1.51. The maximum absolute atomic E-state index is 11.4. The molecule has 2 aliphatic carbocycles. The lowest BCUT2D eigenvalue weighted by Crippen LogP contribution is -2.51. The molecule has 1 heterocycles. The van der Waals surface area contributed by atoms with Crippen LogP contribution < -0.4 is 10.1 Å². The molecule has 3 unspecified atom stereocenters. The first-order valence-corrected chi connectivity index (χ1v) is 7.71. The van der Waals surface area contributed by atoms with Gasteiger partial charge in [-0.05, 0) is 49.7 Å². The third kappa shape index (κ3) is 1.62. The highest BCUT2D eigenvalue weighted by molar-refractivity contribution is 5.73. The number of carbonyl (C=O) groups is 1. The summed E-state index contributed by atoms with van der Waals surface area (Å²) in [6, 6.07) is 4.63. The minimum Gasteiger partial charge on any atom is -0.487 e. The number of amides is 1. The molecule has 20 heavy (non-hydrogen) atoms. The van der Waals surface area contributed by atoms with Crippen molar-refractivity contribution in [3.63, 3.8) is 0 Å². The first-order valence-electron chi connectivity index (χ1n) is 7.71. The molecule has 1 amide bonds. The maximum atomic E-state index is 11.4. The molecule has 0 bridgehead atoms. The van der Waals surface area contributed by atoms with E-state index in [0.717, 1.165) is 18.1 Å². The van der Waals surface area contributed by atoms with Gasteiger partial charge in [0.15, 0.2) is 0 Å². The molecule has 1 aromatic carbocycles. The Bertz CT molecular complexity index is 581. The van der Waals surface area contributed by atoms with E-state index >= 15 is 0 Å². The van der Waals surface area contributed by atoms with Crippen molar-refractivity contribution in [3.8, 4) is 5.75 Å². The predicted octanol–water partition coefficient (Wildman–Crippen LogP) is 2.70. The molecule has 106 valence electrons. The van der Waals surface area contributed by atoms with Crippen LogP contribution in [-0.2, 0) is 11.2 Å². The van der Waals surface area contributed by atoms with Gasteiger partial charge >= 0.3 is 0 Å². The first-order chi connectivity index (χ1) is 9.65. The molecule has 4 atom stereocenters. The van der Waals surface area contributed by atoms with Gasteiger partial charge in [-0.25, -0.2) is 0 Å². The van der Waals surface area contributed by atoms with E-state index in [1.807, 2.05) is 0 Å². The highest BCUT2D eigenvalue weighted by Gasteiger charge is 2.50. The van der Waals surface area contributed by atoms with Crippen molar-refractivity contribution in [2.45, 2.75) is 57.6 Å². The smallest absolute Gasteiger partial charge is 0.217 e. The van der Waals surface area contributed by atoms with Crippen LogP contribution in [0.2, 0.25) is 0 Å². The molecule has 1 N–H and O–H groups in total. The molecule has 1 aliphatic heterocycles. The average molecular weight is 271 g/mol. The quantitative estimate of drug-likeness (QED) is 0.853. The summed E-state index contributed by atoms with van der Waals surface area (Å²) in [7, 11) is 0. The van der Waals surface area contributed by atoms with E-state index in [-0.39, 0.29) is 18.1 Å². The van der Waals surface area contributed by atoms with Crippen molar-refractivity contribution in [2.24, 2.45) is 5.92 Å². The summed E-state index contributed by atoms with van der Waals surface area (Å²) in [5.41, 5.74) is 4.17.